The third-order valence-electron chi connectivity index (χ3n) is 2.84. The Morgan fingerprint density at radius 2 is 2.18 bits per heavy atom. The first-order valence-electron chi connectivity index (χ1n) is 6.17. The molecule has 1 aromatic rings. The Balaban J connectivity index is 2.16. The van der Waals surface area contributed by atoms with Gasteiger partial charge in [-0.3, -0.25) is 0 Å². The van der Waals surface area contributed by atoms with Crippen LogP contribution in [0.1, 0.15) is 24.9 Å². The molecule has 0 aliphatic heterocycles. The van der Waals surface area contributed by atoms with Crippen molar-refractivity contribution in [3.63, 3.8) is 0 Å². The maximum atomic E-state index is 5.42. The standard InChI is InChI=1S/C13H24N2O2/c1-12(14-2)13-5-7-15(11-13)6-4-8-17-10-9-16-3/h5,7,11-12,14H,4,6,8-10H2,1-3H3. The Kier molecular flexibility index (Phi) is 6.93. The van der Waals surface area contributed by atoms with Crippen molar-refractivity contribution in [3.05, 3.63) is 24.0 Å². The highest BCUT2D eigenvalue weighted by atomic mass is 16.5. The lowest BCUT2D eigenvalue weighted by atomic mass is 10.2. The molecule has 1 rings (SSSR count). The van der Waals surface area contributed by atoms with Crippen molar-refractivity contribution in [1.82, 2.24) is 9.88 Å². The quantitative estimate of drug-likeness (QED) is 0.669. The van der Waals surface area contributed by atoms with Gasteiger partial charge in [0.05, 0.1) is 13.2 Å². The molecule has 1 N–H and O–H groups in total. The average Bonchev–Trinajstić information content (AvgIpc) is 2.81. The first-order valence-corrected chi connectivity index (χ1v) is 6.17. The summed E-state index contributed by atoms with van der Waals surface area (Å²) in [5.74, 6) is 0. The van der Waals surface area contributed by atoms with E-state index in [0.717, 1.165) is 19.6 Å². The van der Waals surface area contributed by atoms with Crippen LogP contribution in [0.4, 0.5) is 0 Å². The summed E-state index contributed by atoms with van der Waals surface area (Å²) in [6, 6.07) is 2.57. The smallest absolute Gasteiger partial charge is 0.0700 e. The van der Waals surface area contributed by atoms with E-state index < -0.39 is 0 Å². The van der Waals surface area contributed by atoms with Crippen LogP contribution < -0.4 is 5.32 Å². The van der Waals surface area contributed by atoms with E-state index in [0.29, 0.717) is 19.3 Å². The van der Waals surface area contributed by atoms with Gasteiger partial charge in [-0.15, -0.1) is 0 Å². The molecule has 17 heavy (non-hydrogen) atoms. The molecule has 1 aromatic heterocycles. The zero-order valence-electron chi connectivity index (χ0n) is 11.1. The van der Waals surface area contributed by atoms with Crippen molar-refractivity contribution < 1.29 is 9.47 Å². The number of hydrogen-bond acceptors (Lipinski definition) is 3. The molecular weight excluding hydrogens is 216 g/mol. The third-order valence-corrected chi connectivity index (χ3v) is 2.84. The van der Waals surface area contributed by atoms with Crippen LogP contribution in [-0.4, -0.2) is 38.5 Å². The molecule has 1 atom stereocenters. The number of aryl methyl sites for hydroxylation is 1. The number of hydrogen-bond donors (Lipinski definition) is 1. The number of nitrogens with one attached hydrogen (secondary N) is 1. The van der Waals surface area contributed by atoms with E-state index in [2.05, 4.69) is 35.3 Å². The highest BCUT2D eigenvalue weighted by molar-refractivity contribution is 5.14. The molecule has 0 saturated heterocycles. The van der Waals surface area contributed by atoms with Gasteiger partial charge in [0.1, 0.15) is 0 Å². The summed E-state index contributed by atoms with van der Waals surface area (Å²) in [4.78, 5) is 0. The molecule has 1 heterocycles. The highest BCUT2D eigenvalue weighted by Crippen LogP contribution is 2.12. The van der Waals surface area contributed by atoms with E-state index in [1.54, 1.807) is 7.11 Å². The van der Waals surface area contributed by atoms with Crippen molar-refractivity contribution in [2.75, 3.05) is 34.0 Å². The molecule has 0 aliphatic rings. The minimum Gasteiger partial charge on any atom is -0.382 e. The fourth-order valence-electron chi connectivity index (χ4n) is 1.61. The van der Waals surface area contributed by atoms with E-state index in [4.69, 9.17) is 9.47 Å². The molecule has 98 valence electrons. The van der Waals surface area contributed by atoms with Gasteiger partial charge in [0.25, 0.3) is 0 Å². The van der Waals surface area contributed by atoms with Crippen LogP contribution in [0.3, 0.4) is 0 Å². The van der Waals surface area contributed by atoms with E-state index in [9.17, 15) is 0 Å². The molecule has 0 radical (unpaired) electrons. The van der Waals surface area contributed by atoms with Crippen LogP contribution in [0.15, 0.2) is 18.5 Å². The van der Waals surface area contributed by atoms with Gasteiger partial charge in [0.2, 0.25) is 0 Å². The van der Waals surface area contributed by atoms with Gasteiger partial charge >= 0.3 is 0 Å². The fourth-order valence-corrected chi connectivity index (χ4v) is 1.61. The molecule has 0 bridgehead atoms. The molecule has 1 unspecified atom stereocenters. The lowest BCUT2D eigenvalue weighted by Gasteiger charge is -2.07. The van der Waals surface area contributed by atoms with Gasteiger partial charge in [-0.2, -0.15) is 0 Å². The van der Waals surface area contributed by atoms with Crippen LogP contribution in [0.5, 0.6) is 0 Å². The minimum absolute atomic E-state index is 0.411. The number of nitrogens with zero attached hydrogens (tertiary/aromatic N) is 1. The summed E-state index contributed by atoms with van der Waals surface area (Å²) in [6.45, 7) is 5.31. The zero-order chi connectivity index (χ0) is 12.5. The lowest BCUT2D eigenvalue weighted by Crippen LogP contribution is -2.11. The molecule has 4 nitrogen and oxygen atoms in total. The van der Waals surface area contributed by atoms with E-state index in [1.165, 1.54) is 5.56 Å². The second kappa shape index (κ2) is 8.28. The van der Waals surface area contributed by atoms with Gasteiger partial charge in [0.15, 0.2) is 0 Å². The summed E-state index contributed by atoms with van der Waals surface area (Å²) in [5, 5.41) is 3.23. The predicted octanol–water partition coefficient (Wildman–Crippen LogP) is 1.82. The van der Waals surface area contributed by atoms with Crippen LogP contribution in [0.2, 0.25) is 0 Å². The van der Waals surface area contributed by atoms with Crippen LogP contribution in [-0.2, 0) is 16.0 Å². The first-order chi connectivity index (χ1) is 8.27. The monoisotopic (exact) mass is 240 g/mol. The number of rotatable bonds is 9. The summed E-state index contributed by atoms with van der Waals surface area (Å²) < 4.78 is 12.5. The second-order valence-electron chi connectivity index (χ2n) is 4.15. The van der Waals surface area contributed by atoms with Gasteiger partial charge in [-0.1, -0.05) is 0 Å². The van der Waals surface area contributed by atoms with Crippen molar-refractivity contribution >= 4 is 0 Å². The lowest BCUT2D eigenvalue weighted by molar-refractivity contribution is 0.0680. The third kappa shape index (κ3) is 5.35. The van der Waals surface area contributed by atoms with Crippen molar-refractivity contribution in [2.45, 2.75) is 25.9 Å². The Bertz CT molecular complexity index is 299. The SMILES string of the molecule is CNC(C)c1ccn(CCCOCCOC)c1. The van der Waals surface area contributed by atoms with E-state index in [1.807, 2.05) is 7.05 Å². The predicted molar refractivity (Wildman–Crippen MR) is 69.2 cm³/mol. The Morgan fingerprint density at radius 3 is 2.88 bits per heavy atom. The highest BCUT2D eigenvalue weighted by Gasteiger charge is 2.03. The van der Waals surface area contributed by atoms with Crippen molar-refractivity contribution in [1.29, 1.82) is 0 Å². The van der Waals surface area contributed by atoms with Crippen molar-refractivity contribution in [2.24, 2.45) is 0 Å². The number of aromatic nitrogens is 1. The second-order valence-corrected chi connectivity index (χ2v) is 4.15. The van der Waals surface area contributed by atoms with Crippen LogP contribution in [0.25, 0.3) is 0 Å². The number of methoxy groups -OCH3 is 1. The molecule has 0 saturated carbocycles. The molecule has 0 amide bonds. The zero-order valence-corrected chi connectivity index (χ0v) is 11.1. The molecule has 0 fully saturated rings. The van der Waals surface area contributed by atoms with Gasteiger partial charge in [-0.25, -0.2) is 0 Å². The van der Waals surface area contributed by atoms with Crippen LogP contribution in [0, 0.1) is 0 Å². The normalized spacial score (nSPS) is 12.9. The number of ether oxygens (including phenoxy) is 2. The summed E-state index contributed by atoms with van der Waals surface area (Å²) >= 11 is 0. The van der Waals surface area contributed by atoms with E-state index >= 15 is 0 Å². The summed E-state index contributed by atoms with van der Waals surface area (Å²) in [5.41, 5.74) is 1.33. The fraction of sp³-hybridized carbons (Fsp3) is 0.692. The molecule has 0 aliphatic carbocycles. The Morgan fingerprint density at radius 1 is 1.35 bits per heavy atom. The van der Waals surface area contributed by atoms with Crippen molar-refractivity contribution in [3.8, 4) is 0 Å². The van der Waals surface area contributed by atoms with Gasteiger partial charge < -0.3 is 19.4 Å². The van der Waals surface area contributed by atoms with Gasteiger partial charge in [0, 0.05) is 38.7 Å². The molecule has 4 heteroatoms. The van der Waals surface area contributed by atoms with E-state index in [-0.39, 0.29) is 0 Å². The summed E-state index contributed by atoms with van der Waals surface area (Å²) in [7, 11) is 3.67. The Labute approximate surface area is 104 Å². The molecule has 0 spiro atoms. The molecular formula is C13H24N2O2. The largest absolute Gasteiger partial charge is 0.382 e. The average molecular weight is 240 g/mol. The summed E-state index contributed by atoms with van der Waals surface area (Å²) in [6.07, 6.45) is 5.35. The Hall–Kier alpha value is -0.840. The van der Waals surface area contributed by atoms with Crippen LogP contribution >= 0.6 is 0 Å². The topological polar surface area (TPSA) is 35.4 Å². The van der Waals surface area contributed by atoms with Gasteiger partial charge in [-0.05, 0) is 32.0 Å². The first kappa shape index (κ1) is 14.2. The maximum Gasteiger partial charge on any atom is 0.0700 e. The maximum absolute atomic E-state index is 5.42. The minimum atomic E-state index is 0.411. The molecule has 0 aromatic carbocycles.